The number of hydrogen-bond donors (Lipinski definition) is 0. The highest BCUT2D eigenvalue weighted by atomic mass is 16.7. The van der Waals surface area contributed by atoms with Crippen molar-refractivity contribution in [3.05, 3.63) is 157 Å². The van der Waals surface area contributed by atoms with Crippen LogP contribution in [-0.4, -0.2) is 18.3 Å². The smallest absolute Gasteiger partial charge is 0.399 e. The molecule has 0 bridgehead atoms. The predicted octanol–water partition coefficient (Wildman–Crippen LogP) is 11.1. The number of rotatable bonds is 6. The highest BCUT2D eigenvalue weighted by Crippen LogP contribution is 2.51. The Morgan fingerprint density at radius 2 is 0.959 bits per heavy atom. The highest BCUT2D eigenvalue weighted by Gasteiger charge is 2.52. The van der Waals surface area contributed by atoms with Crippen LogP contribution in [0.1, 0.15) is 52.7 Å². The molecule has 0 N–H and O–H groups in total. The van der Waals surface area contributed by atoms with E-state index < -0.39 is 18.3 Å². The van der Waals surface area contributed by atoms with Gasteiger partial charge in [-0.2, -0.15) is 0 Å². The van der Waals surface area contributed by atoms with E-state index in [2.05, 4.69) is 192 Å². The van der Waals surface area contributed by atoms with Crippen molar-refractivity contribution in [2.75, 3.05) is 4.90 Å². The molecule has 0 amide bonds. The highest BCUT2D eigenvalue weighted by molar-refractivity contribution is 6.62. The zero-order valence-corrected chi connectivity index (χ0v) is 29.2. The molecular weight excluding hydrogens is 597 g/mol. The van der Waals surface area contributed by atoms with Gasteiger partial charge in [0, 0.05) is 22.5 Å². The van der Waals surface area contributed by atoms with Crippen molar-refractivity contribution in [2.45, 2.75) is 58.2 Å². The Labute approximate surface area is 291 Å². The molecule has 0 atom stereocenters. The third-order valence-electron chi connectivity index (χ3n) is 10.9. The largest absolute Gasteiger partial charge is 0.494 e. The van der Waals surface area contributed by atoms with E-state index in [4.69, 9.17) is 9.31 Å². The zero-order chi connectivity index (χ0) is 34.0. The van der Waals surface area contributed by atoms with Crippen molar-refractivity contribution in [3.8, 4) is 33.4 Å². The second-order valence-electron chi connectivity index (χ2n) is 14.9. The fourth-order valence-electron chi connectivity index (χ4n) is 7.39. The molecule has 4 heteroatoms. The summed E-state index contributed by atoms with van der Waals surface area (Å²) in [5.41, 5.74) is 13.2. The maximum Gasteiger partial charge on any atom is 0.494 e. The van der Waals surface area contributed by atoms with Crippen molar-refractivity contribution in [3.63, 3.8) is 0 Å². The van der Waals surface area contributed by atoms with E-state index in [1.54, 1.807) is 0 Å². The van der Waals surface area contributed by atoms with Gasteiger partial charge in [-0.3, -0.25) is 0 Å². The lowest BCUT2D eigenvalue weighted by molar-refractivity contribution is 0.00578. The minimum absolute atomic E-state index is 0.121. The second kappa shape index (κ2) is 11.6. The van der Waals surface area contributed by atoms with Crippen molar-refractivity contribution in [1.29, 1.82) is 0 Å². The number of nitrogens with zero attached hydrogens (tertiary/aromatic N) is 1. The van der Waals surface area contributed by atoms with Crippen LogP contribution < -0.4 is 10.4 Å². The van der Waals surface area contributed by atoms with E-state index in [-0.39, 0.29) is 5.41 Å². The molecule has 0 radical (unpaired) electrons. The molecule has 8 rings (SSSR count). The van der Waals surface area contributed by atoms with E-state index in [9.17, 15) is 0 Å². The molecular formula is C45H42BNO2. The summed E-state index contributed by atoms with van der Waals surface area (Å²) in [6.07, 6.45) is 0. The summed E-state index contributed by atoms with van der Waals surface area (Å²) in [7, 11) is -0.497. The zero-order valence-electron chi connectivity index (χ0n) is 29.2. The van der Waals surface area contributed by atoms with Crippen LogP contribution in [0.15, 0.2) is 146 Å². The van der Waals surface area contributed by atoms with Gasteiger partial charge >= 0.3 is 7.12 Å². The fourth-order valence-corrected chi connectivity index (χ4v) is 7.39. The maximum absolute atomic E-state index is 6.63. The first-order chi connectivity index (χ1) is 23.5. The predicted molar refractivity (Wildman–Crippen MR) is 205 cm³/mol. The van der Waals surface area contributed by atoms with Crippen LogP contribution >= 0.6 is 0 Å². The van der Waals surface area contributed by atoms with Crippen LogP contribution in [0.5, 0.6) is 0 Å². The molecule has 1 saturated heterocycles. The summed E-state index contributed by atoms with van der Waals surface area (Å²) < 4.78 is 13.3. The molecule has 6 aromatic carbocycles. The average Bonchev–Trinajstić information content (AvgIpc) is 3.48. The number of fused-ring (bicyclic) bond motifs is 3. The van der Waals surface area contributed by atoms with Crippen LogP contribution in [0.3, 0.4) is 0 Å². The molecule has 0 unspecified atom stereocenters. The fraction of sp³-hybridized carbons (Fsp3) is 0.200. The average molecular weight is 640 g/mol. The molecule has 3 nitrogen and oxygen atoms in total. The normalized spacial score (nSPS) is 16.7. The van der Waals surface area contributed by atoms with E-state index in [1.165, 1.54) is 33.4 Å². The molecule has 6 aromatic rings. The summed E-state index contributed by atoms with van der Waals surface area (Å²) in [5.74, 6) is 0. The van der Waals surface area contributed by atoms with Crippen molar-refractivity contribution >= 4 is 29.6 Å². The molecule has 2 aliphatic rings. The molecule has 0 aromatic heterocycles. The van der Waals surface area contributed by atoms with E-state index in [0.717, 1.165) is 33.7 Å². The van der Waals surface area contributed by atoms with Gasteiger partial charge in [0.1, 0.15) is 0 Å². The van der Waals surface area contributed by atoms with E-state index >= 15 is 0 Å². The number of benzene rings is 6. The van der Waals surface area contributed by atoms with E-state index in [1.807, 2.05) is 0 Å². The van der Waals surface area contributed by atoms with Gasteiger partial charge in [0.05, 0.1) is 11.2 Å². The Balaban J connectivity index is 1.32. The van der Waals surface area contributed by atoms with Gasteiger partial charge in [-0.05, 0) is 114 Å². The Kier molecular flexibility index (Phi) is 7.44. The Morgan fingerprint density at radius 1 is 0.429 bits per heavy atom. The van der Waals surface area contributed by atoms with Crippen LogP contribution in [-0.2, 0) is 14.7 Å². The molecule has 1 aliphatic carbocycles. The number of hydrogen-bond acceptors (Lipinski definition) is 3. The molecule has 0 saturated carbocycles. The molecule has 1 heterocycles. The minimum Gasteiger partial charge on any atom is -0.399 e. The summed E-state index contributed by atoms with van der Waals surface area (Å²) in [5, 5.41) is 0. The quantitative estimate of drug-likeness (QED) is 0.169. The molecule has 0 spiro atoms. The van der Waals surface area contributed by atoms with Crippen LogP contribution in [0, 0.1) is 0 Å². The topological polar surface area (TPSA) is 21.7 Å². The molecule has 242 valence electrons. The Hall–Kier alpha value is -4.90. The van der Waals surface area contributed by atoms with Gasteiger partial charge in [-0.1, -0.05) is 123 Å². The third kappa shape index (κ3) is 5.40. The molecule has 1 aliphatic heterocycles. The summed E-state index contributed by atoms with van der Waals surface area (Å²) in [6.45, 7) is 13.1. The lowest BCUT2D eigenvalue weighted by atomic mass is 9.77. The summed E-state index contributed by atoms with van der Waals surface area (Å²) in [4.78, 5) is 2.38. The lowest BCUT2D eigenvalue weighted by Crippen LogP contribution is -2.41. The Morgan fingerprint density at radius 3 is 1.61 bits per heavy atom. The van der Waals surface area contributed by atoms with Gasteiger partial charge < -0.3 is 14.2 Å². The van der Waals surface area contributed by atoms with Crippen molar-refractivity contribution in [2.24, 2.45) is 0 Å². The number of anilines is 3. The standard InChI is InChI=1S/C45H42BNO2/c1-43(2)41-20-14-13-19-39(41)40-26-25-37(30-42(40)43)47(36-23-21-33(22-24-36)31-15-9-7-10-16-31)38-28-34(32-17-11-8-12-18-32)27-35(29-38)46-48-44(3,4)45(5,6)49-46/h7-30H,1-6H3. The third-order valence-corrected chi connectivity index (χ3v) is 10.9. The van der Waals surface area contributed by atoms with Crippen LogP contribution in [0.25, 0.3) is 33.4 Å². The minimum atomic E-state index is -0.497. The van der Waals surface area contributed by atoms with Gasteiger partial charge in [-0.25, -0.2) is 0 Å². The first-order valence-corrected chi connectivity index (χ1v) is 17.3. The maximum atomic E-state index is 6.63. The monoisotopic (exact) mass is 639 g/mol. The van der Waals surface area contributed by atoms with Crippen molar-refractivity contribution < 1.29 is 9.31 Å². The van der Waals surface area contributed by atoms with Gasteiger partial charge in [0.25, 0.3) is 0 Å². The first kappa shape index (κ1) is 31.4. The van der Waals surface area contributed by atoms with Gasteiger partial charge in [-0.15, -0.1) is 0 Å². The summed E-state index contributed by atoms with van der Waals surface area (Å²) >= 11 is 0. The van der Waals surface area contributed by atoms with E-state index in [0.29, 0.717) is 0 Å². The molecule has 49 heavy (non-hydrogen) atoms. The second-order valence-corrected chi connectivity index (χ2v) is 14.9. The molecule has 1 fully saturated rings. The van der Waals surface area contributed by atoms with Crippen LogP contribution in [0.2, 0.25) is 0 Å². The van der Waals surface area contributed by atoms with Crippen LogP contribution in [0.4, 0.5) is 17.1 Å². The SMILES string of the molecule is CC1(C)c2ccccc2-c2ccc(N(c3ccc(-c4ccccc4)cc3)c3cc(B4OC(C)(C)C(C)(C)O4)cc(-c4ccccc4)c3)cc21. The van der Waals surface area contributed by atoms with Gasteiger partial charge in [0.2, 0.25) is 0 Å². The van der Waals surface area contributed by atoms with Crippen molar-refractivity contribution in [1.82, 2.24) is 0 Å². The first-order valence-electron chi connectivity index (χ1n) is 17.3. The lowest BCUT2D eigenvalue weighted by Gasteiger charge is -2.32. The van der Waals surface area contributed by atoms with Gasteiger partial charge in [0.15, 0.2) is 0 Å². The Bertz CT molecular complexity index is 2140. The summed E-state index contributed by atoms with van der Waals surface area (Å²) in [6, 6.07) is 52.6.